The van der Waals surface area contributed by atoms with Crippen molar-refractivity contribution in [2.75, 3.05) is 25.4 Å². The Kier molecular flexibility index (Phi) is 20.5. The first-order chi connectivity index (χ1) is 16.4. The molecule has 0 aromatic heterocycles. The van der Waals surface area contributed by atoms with E-state index in [0.29, 0.717) is 0 Å². The third-order valence-corrected chi connectivity index (χ3v) is 16.6. The van der Waals surface area contributed by atoms with Gasteiger partial charge in [-0.25, -0.2) is 0 Å². The summed E-state index contributed by atoms with van der Waals surface area (Å²) < 4.78 is 7.50. The van der Waals surface area contributed by atoms with Gasteiger partial charge in [0, 0.05) is 8.41 Å². The fraction of sp³-hybridized carbons (Fsp3) is 0.966. The molecule has 0 spiro atoms. The van der Waals surface area contributed by atoms with Gasteiger partial charge in [-0.1, -0.05) is 92.9 Å². The Labute approximate surface area is 233 Å². The van der Waals surface area contributed by atoms with Crippen LogP contribution in [0.1, 0.15) is 128 Å². The molecule has 4 saturated carbocycles. The van der Waals surface area contributed by atoms with Crippen molar-refractivity contribution < 1.29 is 21.7 Å². The summed E-state index contributed by atoms with van der Waals surface area (Å²) in [4.78, 5) is 0. The van der Waals surface area contributed by atoms with Crippen molar-refractivity contribution in [3.63, 3.8) is 0 Å². The van der Waals surface area contributed by atoms with Crippen LogP contribution in [0.2, 0.25) is 0 Å². The van der Waals surface area contributed by atoms with E-state index in [2.05, 4.69) is 12.0 Å². The van der Waals surface area contributed by atoms with E-state index in [1.807, 2.05) is 0 Å². The Morgan fingerprint density at radius 1 is 0.486 bits per heavy atom. The summed E-state index contributed by atoms with van der Waals surface area (Å²) in [5.74, 6) is 0. The molecule has 6 heteroatoms. The maximum absolute atomic E-state index is 7.50. The summed E-state index contributed by atoms with van der Waals surface area (Å²) in [7, 11) is 0.579. The van der Waals surface area contributed by atoms with Crippen LogP contribution in [-0.2, 0) is 21.7 Å². The predicted octanol–water partition coefficient (Wildman–Crippen LogP) is 7.91. The summed E-state index contributed by atoms with van der Waals surface area (Å²) in [5, 5.41) is 4.04. The molecule has 2 nitrogen and oxygen atoms in total. The Balaban J connectivity index is 0.00000149. The van der Waals surface area contributed by atoms with Crippen molar-refractivity contribution >= 4 is 24.3 Å². The molecule has 0 bridgehead atoms. The van der Waals surface area contributed by atoms with Gasteiger partial charge in [0.2, 0.25) is 0 Å². The zero-order valence-electron chi connectivity index (χ0n) is 22.6. The molecule has 1 N–H and O–H groups in total. The molecule has 0 aliphatic heterocycles. The first-order valence-electron chi connectivity index (χ1n) is 14.8. The molecule has 0 unspecified atom stereocenters. The van der Waals surface area contributed by atoms with Crippen LogP contribution >= 0.6 is 15.8 Å². The Morgan fingerprint density at radius 3 is 0.943 bits per heavy atom. The average Bonchev–Trinajstić information content (AvgIpc) is 2.91. The van der Waals surface area contributed by atoms with Crippen molar-refractivity contribution in [1.29, 1.82) is 0 Å². The predicted molar refractivity (Wildman–Crippen MR) is 156 cm³/mol. The summed E-state index contributed by atoms with van der Waals surface area (Å²) >= 11 is 0. The Hall–Kier alpha value is 1.14. The molecule has 4 aliphatic rings. The van der Waals surface area contributed by atoms with Gasteiger partial charge in [0.05, 0.1) is 0 Å². The molecule has 4 rings (SSSR count). The zero-order valence-corrected chi connectivity index (χ0v) is 25.6. The molecule has 3 radical (unpaired) electrons. The Bertz CT molecular complexity index is 438. The number of nitrogens with one attached hydrogen (secondary N) is 1. The monoisotopic (exact) mass is 562 g/mol. The van der Waals surface area contributed by atoms with Crippen LogP contribution in [0.3, 0.4) is 0 Å². The average molecular weight is 562 g/mol. The zero-order chi connectivity index (χ0) is 23.1. The first kappa shape index (κ1) is 34.2. The van der Waals surface area contributed by atoms with Crippen LogP contribution < -0.4 is 5.32 Å². The number of hydrogen-bond acceptors (Lipinski definition) is 1. The molecule has 4 fully saturated rings. The van der Waals surface area contributed by atoms with E-state index in [1.54, 1.807) is 63.7 Å². The van der Waals surface area contributed by atoms with E-state index in [0.717, 1.165) is 22.6 Å². The molecule has 0 saturated heterocycles. The van der Waals surface area contributed by atoms with E-state index in [1.165, 1.54) is 90.1 Å². The van der Waals surface area contributed by atoms with Crippen molar-refractivity contribution in [3.8, 4) is 0 Å². The summed E-state index contributed by atoms with van der Waals surface area (Å²) in [5.41, 5.74) is 4.54. The maximum atomic E-state index is 7.50. The number of rotatable bonds is 10. The van der Waals surface area contributed by atoms with E-state index in [4.69, 9.17) is 4.65 Å². The van der Waals surface area contributed by atoms with Crippen molar-refractivity contribution in [2.45, 2.75) is 151 Å². The number of hydrogen-bond donors (Lipinski definition) is 1. The van der Waals surface area contributed by atoms with Crippen molar-refractivity contribution in [1.82, 2.24) is 5.32 Å². The standard InChI is InChI=1S/C28H53NP2.CO.B.Fe.2H/c1-5-13-25(14-6-1)30(26-15-7-2-8-16-26)23-21-29-22-24-31(27-17-9-3-10-18-27)28-19-11-4-12-20-28;1-2;;;;/h25-29H,1-24H2;;;;;. The molecule has 203 valence electrons. The molecule has 0 aromatic carbocycles. The quantitative estimate of drug-likeness (QED) is 0.0948. The second-order valence-electron chi connectivity index (χ2n) is 11.4. The molecule has 0 aromatic rings. The second-order valence-corrected chi connectivity index (χ2v) is 17.3. The van der Waals surface area contributed by atoms with Crippen molar-refractivity contribution in [2.24, 2.45) is 0 Å². The van der Waals surface area contributed by atoms with Crippen LogP contribution in [0.25, 0.3) is 0 Å². The topological polar surface area (TPSA) is 31.9 Å². The minimum atomic E-state index is 0. The van der Waals surface area contributed by atoms with Crippen molar-refractivity contribution in [3.05, 3.63) is 6.65 Å². The summed E-state index contributed by atoms with van der Waals surface area (Å²) in [6.45, 7) is 7.19. The SMILES string of the molecule is C1CCC(P(CCNCCP(C2CCCCC2)C2CCCCC2)C2CCCCC2)CC1.[B].[C-]#[O+].[FeH2]. The van der Waals surface area contributed by atoms with Crippen LogP contribution in [0.15, 0.2) is 0 Å². The van der Waals surface area contributed by atoms with Gasteiger partial charge < -0.3 is 5.32 Å². The molecule has 4 aliphatic carbocycles. The Morgan fingerprint density at radius 2 is 0.714 bits per heavy atom. The van der Waals surface area contributed by atoms with Gasteiger partial charge in [0.15, 0.2) is 0 Å². The van der Waals surface area contributed by atoms with Gasteiger partial charge in [0.25, 0.3) is 0 Å². The third kappa shape index (κ3) is 11.8. The van der Waals surface area contributed by atoms with Gasteiger partial charge in [-0.2, -0.15) is 0 Å². The summed E-state index contributed by atoms with van der Waals surface area (Å²) in [6.07, 6.45) is 34.1. The van der Waals surface area contributed by atoms with E-state index < -0.39 is 0 Å². The van der Waals surface area contributed by atoms with E-state index in [9.17, 15) is 0 Å². The van der Waals surface area contributed by atoms with Gasteiger partial charge in [-0.3, -0.25) is 0 Å². The molecule has 35 heavy (non-hydrogen) atoms. The fourth-order valence-electron chi connectivity index (χ4n) is 7.52. The first-order valence-corrected chi connectivity index (χ1v) is 18.2. The second kappa shape index (κ2) is 21.0. The van der Waals surface area contributed by atoms with Crippen LogP contribution in [0.5, 0.6) is 0 Å². The molecule has 0 amide bonds. The van der Waals surface area contributed by atoms with E-state index in [-0.39, 0.29) is 41.3 Å². The van der Waals surface area contributed by atoms with Crippen LogP contribution in [0.4, 0.5) is 0 Å². The van der Waals surface area contributed by atoms with Gasteiger partial charge in [-0.15, -0.1) is 0 Å². The van der Waals surface area contributed by atoms with Crippen LogP contribution in [0, 0.1) is 6.65 Å². The molecule has 0 atom stereocenters. The molecule has 0 heterocycles. The third-order valence-electron chi connectivity index (χ3n) is 9.27. The minimum absolute atomic E-state index is 0. The van der Waals surface area contributed by atoms with Gasteiger partial charge in [0.1, 0.15) is 0 Å². The molecular formula is C29H55BFeNOP2. The summed E-state index contributed by atoms with van der Waals surface area (Å²) in [6, 6.07) is 0. The van der Waals surface area contributed by atoms with E-state index >= 15 is 0 Å². The van der Waals surface area contributed by atoms with Gasteiger partial charge in [-0.05, 0) is 99.4 Å². The van der Waals surface area contributed by atoms with Gasteiger partial charge >= 0.3 is 28.4 Å². The van der Waals surface area contributed by atoms with Crippen LogP contribution in [-0.4, -0.2) is 56.5 Å². The fourth-order valence-corrected chi connectivity index (χ4v) is 15.1. The molecular weight excluding hydrogens is 507 g/mol. The normalized spacial score (nSPS) is 23.2.